The molecule has 5 N–H and O–H groups in total. The molecule has 2 heterocycles. The number of phosphoric ester groups is 1. The molecule has 124 valence electrons. The van der Waals surface area contributed by atoms with Crippen molar-refractivity contribution in [3.05, 3.63) is 32.6 Å². The Bertz CT molecular complexity index is 707. The highest BCUT2D eigenvalue weighted by Gasteiger charge is 2.45. The zero-order chi connectivity index (χ0) is 16.7. The Hall–Kier alpha value is -1.33. The molecule has 0 amide bonds. The number of aromatic nitrogens is 2. The molecule has 2 rings (SSSR count). The van der Waals surface area contributed by atoms with Crippen LogP contribution in [0.5, 0.6) is 0 Å². The lowest BCUT2D eigenvalue weighted by Gasteiger charge is -2.14. The number of phosphoric acid groups is 1. The van der Waals surface area contributed by atoms with Gasteiger partial charge in [0, 0.05) is 13.2 Å². The van der Waals surface area contributed by atoms with Gasteiger partial charge in [0.2, 0.25) is 0 Å². The second kappa shape index (κ2) is 6.05. The third-order valence-electron chi connectivity index (χ3n) is 3.28. The second-order valence-corrected chi connectivity index (χ2v) is 6.02. The lowest BCUT2D eigenvalue weighted by Crippen LogP contribution is -2.37. The van der Waals surface area contributed by atoms with Gasteiger partial charge in [0.05, 0.1) is 12.2 Å². The minimum absolute atomic E-state index is 0.104. The molecule has 1 fully saturated rings. The van der Waals surface area contributed by atoms with E-state index in [1.807, 2.05) is 0 Å². The van der Waals surface area contributed by atoms with Crippen molar-refractivity contribution in [1.82, 2.24) is 9.55 Å². The van der Waals surface area contributed by atoms with Crippen LogP contribution in [0.1, 0.15) is 11.7 Å². The van der Waals surface area contributed by atoms with E-state index in [2.05, 4.69) is 9.51 Å². The maximum absolute atomic E-state index is 12.0. The number of hydrogen-bond acceptors (Lipinski definition) is 7. The molecule has 1 unspecified atom stereocenters. The molecule has 1 aromatic heterocycles. The van der Waals surface area contributed by atoms with Crippen LogP contribution in [-0.4, -0.2) is 54.5 Å². The van der Waals surface area contributed by atoms with Gasteiger partial charge in [-0.05, 0) is 0 Å². The standard InChI is InChI=1S/C10H15N2O9P/c1-12-9(15)4(2-11-10(12)16)8-7(14)6(13)5(21-8)3-20-22(17,18)19/h2,5-8,13-14H,3H2,1H3,(H,11,16)(H2,17,18,19)/t5?,6-,7-,8+/m1/s1. The van der Waals surface area contributed by atoms with Gasteiger partial charge >= 0.3 is 13.5 Å². The fraction of sp³-hybridized carbons (Fsp3) is 0.600. The first kappa shape index (κ1) is 17.0. The van der Waals surface area contributed by atoms with E-state index in [1.165, 1.54) is 7.05 Å². The number of aliphatic hydroxyl groups is 2. The van der Waals surface area contributed by atoms with E-state index in [-0.39, 0.29) is 5.56 Å². The third kappa shape index (κ3) is 3.36. The minimum Gasteiger partial charge on any atom is -0.387 e. The van der Waals surface area contributed by atoms with Crippen molar-refractivity contribution in [2.24, 2.45) is 7.05 Å². The molecule has 1 saturated heterocycles. The van der Waals surface area contributed by atoms with Crippen molar-refractivity contribution < 1.29 is 33.8 Å². The molecule has 0 spiro atoms. The Kier molecular flexibility index (Phi) is 4.68. The van der Waals surface area contributed by atoms with Crippen LogP contribution in [0.15, 0.2) is 15.8 Å². The highest BCUT2D eigenvalue weighted by molar-refractivity contribution is 7.46. The van der Waals surface area contributed by atoms with Crippen molar-refractivity contribution in [3.63, 3.8) is 0 Å². The van der Waals surface area contributed by atoms with Gasteiger partial charge in [-0.25, -0.2) is 9.36 Å². The van der Waals surface area contributed by atoms with Crippen LogP contribution in [0.4, 0.5) is 0 Å². The van der Waals surface area contributed by atoms with E-state index >= 15 is 0 Å². The van der Waals surface area contributed by atoms with Crippen molar-refractivity contribution >= 4 is 7.82 Å². The van der Waals surface area contributed by atoms with Crippen LogP contribution >= 0.6 is 7.82 Å². The smallest absolute Gasteiger partial charge is 0.387 e. The van der Waals surface area contributed by atoms with Gasteiger partial charge in [-0.2, -0.15) is 0 Å². The monoisotopic (exact) mass is 338 g/mol. The van der Waals surface area contributed by atoms with E-state index in [0.717, 1.165) is 10.8 Å². The summed E-state index contributed by atoms with van der Waals surface area (Å²) in [4.78, 5) is 42.8. The summed E-state index contributed by atoms with van der Waals surface area (Å²) in [5.41, 5.74) is -1.49. The van der Waals surface area contributed by atoms with Crippen LogP contribution in [0, 0.1) is 0 Å². The molecule has 1 aliphatic heterocycles. The highest BCUT2D eigenvalue weighted by Crippen LogP contribution is 2.38. The number of hydrogen-bond donors (Lipinski definition) is 5. The molecule has 11 nitrogen and oxygen atoms in total. The maximum atomic E-state index is 12.0. The van der Waals surface area contributed by atoms with Gasteiger partial charge in [0.15, 0.2) is 0 Å². The fourth-order valence-electron chi connectivity index (χ4n) is 2.10. The first-order valence-electron chi connectivity index (χ1n) is 6.12. The molecule has 1 aromatic rings. The Morgan fingerprint density at radius 1 is 1.36 bits per heavy atom. The zero-order valence-corrected chi connectivity index (χ0v) is 12.2. The lowest BCUT2D eigenvalue weighted by atomic mass is 10.0. The second-order valence-electron chi connectivity index (χ2n) is 4.78. The molecule has 0 aromatic carbocycles. The Morgan fingerprint density at radius 2 is 2.00 bits per heavy atom. The van der Waals surface area contributed by atoms with Crippen molar-refractivity contribution in [2.75, 3.05) is 6.61 Å². The normalized spacial score (nSPS) is 29.0. The number of nitrogens with one attached hydrogen (secondary N) is 1. The van der Waals surface area contributed by atoms with E-state index < -0.39 is 50.1 Å². The van der Waals surface area contributed by atoms with E-state index in [4.69, 9.17) is 14.5 Å². The largest absolute Gasteiger partial charge is 0.469 e. The highest BCUT2D eigenvalue weighted by atomic mass is 31.2. The Balaban J connectivity index is 2.24. The molecule has 0 aliphatic carbocycles. The molecule has 0 bridgehead atoms. The minimum atomic E-state index is -4.77. The fourth-order valence-corrected chi connectivity index (χ4v) is 2.44. The number of ether oxygens (including phenoxy) is 1. The van der Waals surface area contributed by atoms with Crippen molar-refractivity contribution in [3.8, 4) is 0 Å². The number of nitrogens with zero attached hydrogens (tertiary/aromatic N) is 1. The molecule has 0 saturated carbocycles. The van der Waals surface area contributed by atoms with E-state index in [9.17, 15) is 24.4 Å². The van der Waals surface area contributed by atoms with Gasteiger partial charge in [0.25, 0.3) is 5.56 Å². The van der Waals surface area contributed by atoms with Crippen LogP contribution in [-0.2, 0) is 20.9 Å². The van der Waals surface area contributed by atoms with Gasteiger partial charge in [-0.3, -0.25) is 13.9 Å². The predicted molar refractivity (Wildman–Crippen MR) is 69.9 cm³/mol. The van der Waals surface area contributed by atoms with E-state index in [0.29, 0.717) is 0 Å². The average molecular weight is 338 g/mol. The molecule has 4 atom stereocenters. The third-order valence-corrected chi connectivity index (χ3v) is 3.77. The summed E-state index contributed by atoms with van der Waals surface area (Å²) < 4.78 is 20.9. The van der Waals surface area contributed by atoms with Gasteiger partial charge in [0.1, 0.15) is 24.4 Å². The number of aliphatic hydroxyl groups excluding tert-OH is 2. The van der Waals surface area contributed by atoms with Gasteiger partial charge in [-0.15, -0.1) is 0 Å². The number of aromatic amines is 1. The topological polar surface area (TPSA) is 171 Å². The SMILES string of the molecule is Cn1c(=O)[nH]cc([C@@H]2OC(COP(=O)(O)O)[C@@H](O)[C@H]2O)c1=O. The van der Waals surface area contributed by atoms with Crippen LogP contribution in [0.3, 0.4) is 0 Å². The average Bonchev–Trinajstić information content (AvgIpc) is 2.70. The van der Waals surface area contributed by atoms with Crippen LogP contribution in [0.25, 0.3) is 0 Å². The van der Waals surface area contributed by atoms with Crippen LogP contribution < -0.4 is 11.2 Å². The summed E-state index contributed by atoms with van der Waals surface area (Å²) in [7, 11) is -3.55. The maximum Gasteiger partial charge on any atom is 0.469 e. The summed E-state index contributed by atoms with van der Waals surface area (Å²) in [5.74, 6) is 0. The summed E-state index contributed by atoms with van der Waals surface area (Å²) in [5, 5.41) is 19.7. The molecule has 12 heteroatoms. The van der Waals surface area contributed by atoms with E-state index in [1.54, 1.807) is 0 Å². The number of H-pyrrole nitrogens is 1. The van der Waals surface area contributed by atoms with Crippen molar-refractivity contribution in [2.45, 2.75) is 24.4 Å². The first-order valence-corrected chi connectivity index (χ1v) is 7.65. The van der Waals surface area contributed by atoms with Crippen LogP contribution in [0.2, 0.25) is 0 Å². The summed E-state index contributed by atoms with van der Waals surface area (Å²) in [6.45, 7) is -0.678. The Labute approximate surface area is 123 Å². The summed E-state index contributed by atoms with van der Waals surface area (Å²) >= 11 is 0. The quantitative estimate of drug-likeness (QED) is 0.367. The van der Waals surface area contributed by atoms with Gasteiger partial charge < -0.3 is 29.7 Å². The summed E-state index contributed by atoms with van der Waals surface area (Å²) in [6.07, 6.45) is -4.50. The molecule has 0 radical (unpaired) electrons. The predicted octanol–water partition coefficient (Wildman–Crippen LogP) is -2.66. The molecule has 22 heavy (non-hydrogen) atoms. The van der Waals surface area contributed by atoms with Gasteiger partial charge in [-0.1, -0.05) is 0 Å². The van der Waals surface area contributed by atoms with Crippen molar-refractivity contribution in [1.29, 1.82) is 0 Å². The Morgan fingerprint density at radius 3 is 2.59 bits per heavy atom. The zero-order valence-electron chi connectivity index (χ0n) is 11.3. The first-order chi connectivity index (χ1) is 10.1. The number of rotatable bonds is 4. The molecule has 1 aliphatic rings. The lowest BCUT2D eigenvalue weighted by molar-refractivity contribution is -0.0229. The molecular formula is C10H15N2O9P. The summed E-state index contributed by atoms with van der Waals surface area (Å²) in [6, 6.07) is 0. The molecular weight excluding hydrogens is 323 g/mol.